The minimum absolute atomic E-state index is 0.110. The predicted molar refractivity (Wildman–Crippen MR) is 101 cm³/mol. The maximum Gasteiger partial charge on any atom is 0.573 e. The monoisotopic (exact) mass is 405 g/mol. The lowest BCUT2D eigenvalue weighted by Crippen LogP contribution is -2.39. The van der Waals surface area contributed by atoms with Crippen molar-refractivity contribution in [3.8, 4) is 17.0 Å². The summed E-state index contributed by atoms with van der Waals surface area (Å²) in [6, 6.07) is 5.50. The van der Waals surface area contributed by atoms with E-state index in [0.29, 0.717) is 29.3 Å². The number of alkyl halides is 3. The summed E-state index contributed by atoms with van der Waals surface area (Å²) in [4.78, 5) is 15.2. The normalized spacial score (nSPS) is 19.5. The van der Waals surface area contributed by atoms with Gasteiger partial charge in [-0.15, -0.1) is 13.2 Å². The molecule has 1 atom stereocenters. The molecule has 1 aliphatic carbocycles. The molecule has 0 saturated carbocycles. The van der Waals surface area contributed by atoms with Gasteiger partial charge in [-0.05, 0) is 62.3 Å². The molecule has 5 nitrogen and oxygen atoms in total. The Morgan fingerprint density at radius 2 is 1.90 bits per heavy atom. The number of aryl methyl sites for hydroxylation is 1. The lowest BCUT2D eigenvalue weighted by Gasteiger charge is -2.38. The number of halogens is 3. The van der Waals surface area contributed by atoms with Crippen molar-refractivity contribution in [2.24, 2.45) is 13.0 Å². The summed E-state index contributed by atoms with van der Waals surface area (Å²) in [6.07, 6.45) is 4.28. The summed E-state index contributed by atoms with van der Waals surface area (Å²) in [5, 5.41) is 4.23. The number of hydrogen-bond donors (Lipinski definition) is 0. The summed E-state index contributed by atoms with van der Waals surface area (Å²) in [7, 11) is 1.71. The lowest BCUT2D eigenvalue weighted by molar-refractivity contribution is -0.274. The third-order valence-corrected chi connectivity index (χ3v) is 5.55. The summed E-state index contributed by atoms with van der Waals surface area (Å²) in [5.74, 6) is 0.0180. The highest BCUT2D eigenvalue weighted by molar-refractivity contribution is 6.01. The van der Waals surface area contributed by atoms with Crippen molar-refractivity contribution in [3.63, 3.8) is 0 Å². The molecule has 0 radical (unpaired) electrons. The first kappa shape index (κ1) is 19.5. The molecule has 2 aliphatic rings. The first-order valence-electron chi connectivity index (χ1n) is 9.73. The van der Waals surface area contributed by atoms with E-state index in [-0.39, 0.29) is 11.7 Å². The van der Waals surface area contributed by atoms with Crippen molar-refractivity contribution in [1.82, 2.24) is 14.7 Å². The zero-order valence-electron chi connectivity index (χ0n) is 16.1. The SMILES string of the molecule is Cn1ncc(C(=O)N2CCCC3CCCC=C32)c1-c1ccc(OC(F)(F)F)cc1. The molecule has 154 valence electrons. The van der Waals surface area contributed by atoms with Gasteiger partial charge in [-0.25, -0.2) is 0 Å². The Morgan fingerprint density at radius 3 is 2.62 bits per heavy atom. The van der Waals surface area contributed by atoms with Gasteiger partial charge in [-0.3, -0.25) is 9.48 Å². The van der Waals surface area contributed by atoms with Crippen LogP contribution in [0.2, 0.25) is 0 Å². The maximum absolute atomic E-state index is 13.4. The van der Waals surface area contributed by atoms with Crippen molar-refractivity contribution in [2.45, 2.75) is 38.5 Å². The molecule has 2 aromatic rings. The number of aromatic nitrogens is 2. The highest BCUT2D eigenvalue weighted by Crippen LogP contribution is 2.37. The Balaban J connectivity index is 1.64. The van der Waals surface area contributed by atoms with Crippen molar-refractivity contribution in [3.05, 3.63) is 47.8 Å². The number of allylic oxidation sites excluding steroid dienone is 2. The molecule has 1 aliphatic heterocycles. The van der Waals surface area contributed by atoms with Crippen molar-refractivity contribution >= 4 is 5.91 Å². The Morgan fingerprint density at radius 1 is 1.17 bits per heavy atom. The highest BCUT2D eigenvalue weighted by Gasteiger charge is 2.33. The van der Waals surface area contributed by atoms with Crippen molar-refractivity contribution in [1.29, 1.82) is 0 Å². The fourth-order valence-electron chi connectivity index (χ4n) is 4.29. The molecule has 0 N–H and O–H groups in total. The molecule has 0 bridgehead atoms. The zero-order valence-corrected chi connectivity index (χ0v) is 16.1. The zero-order chi connectivity index (χ0) is 20.6. The molecule has 1 saturated heterocycles. The second-order valence-corrected chi connectivity index (χ2v) is 7.46. The van der Waals surface area contributed by atoms with Crippen LogP contribution in [0.15, 0.2) is 42.2 Å². The maximum atomic E-state index is 13.4. The summed E-state index contributed by atoms with van der Waals surface area (Å²) in [6.45, 7) is 0.674. The Labute approximate surface area is 166 Å². The van der Waals surface area contributed by atoms with Gasteiger partial charge in [0.15, 0.2) is 0 Å². The number of likely N-dealkylation sites (tertiary alicyclic amines) is 1. The number of carbonyl (C=O) groups is 1. The minimum atomic E-state index is -4.74. The van der Waals surface area contributed by atoms with Gasteiger partial charge in [0.1, 0.15) is 5.75 Å². The van der Waals surface area contributed by atoms with Crippen LogP contribution in [-0.2, 0) is 7.05 Å². The van der Waals surface area contributed by atoms with E-state index in [2.05, 4.69) is 15.9 Å². The molecular weight excluding hydrogens is 383 g/mol. The van der Waals surface area contributed by atoms with Crippen LogP contribution in [0.1, 0.15) is 42.5 Å². The molecule has 4 rings (SSSR count). The average molecular weight is 405 g/mol. The minimum Gasteiger partial charge on any atom is -0.406 e. The number of hydrogen-bond acceptors (Lipinski definition) is 3. The predicted octanol–water partition coefficient (Wildman–Crippen LogP) is 4.91. The number of fused-ring (bicyclic) bond motifs is 1. The molecule has 8 heteroatoms. The topological polar surface area (TPSA) is 47.4 Å². The van der Waals surface area contributed by atoms with Gasteiger partial charge in [0.25, 0.3) is 5.91 Å². The molecule has 1 unspecified atom stereocenters. The molecular formula is C21H22F3N3O2. The number of carbonyl (C=O) groups excluding carboxylic acids is 1. The van der Waals surface area contributed by atoms with Crippen LogP contribution in [0.5, 0.6) is 5.75 Å². The molecule has 1 amide bonds. The van der Waals surface area contributed by atoms with E-state index in [4.69, 9.17) is 0 Å². The smallest absolute Gasteiger partial charge is 0.406 e. The van der Waals surface area contributed by atoms with Crippen LogP contribution < -0.4 is 4.74 Å². The van der Waals surface area contributed by atoms with Gasteiger partial charge in [-0.2, -0.15) is 5.10 Å². The quantitative estimate of drug-likeness (QED) is 0.729. The van der Waals surface area contributed by atoms with Crippen LogP contribution in [0.3, 0.4) is 0 Å². The molecule has 29 heavy (non-hydrogen) atoms. The lowest BCUT2D eigenvalue weighted by atomic mass is 9.84. The molecule has 0 spiro atoms. The van der Waals surface area contributed by atoms with Gasteiger partial charge in [0.05, 0.1) is 17.5 Å². The number of piperidine rings is 1. The fraction of sp³-hybridized carbons (Fsp3) is 0.429. The number of benzene rings is 1. The summed E-state index contributed by atoms with van der Waals surface area (Å²) >= 11 is 0. The third kappa shape index (κ3) is 4.02. The van der Waals surface area contributed by atoms with Crippen LogP contribution in [-0.4, -0.2) is 33.5 Å². The largest absolute Gasteiger partial charge is 0.573 e. The van der Waals surface area contributed by atoms with Gasteiger partial charge >= 0.3 is 6.36 Å². The molecule has 1 aromatic heterocycles. The number of amides is 1. The number of nitrogens with zero attached hydrogens (tertiary/aromatic N) is 3. The highest BCUT2D eigenvalue weighted by atomic mass is 19.4. The van der Waals surface area contributed by atoms with Crippen molar-refractivity contribution in [2.75, 3.05) is 6.54 Å². The van der Waals surface area contributed by atoms with Crippen molar-refractivity contribution < 1.29 is 22.7 Å². The molecule has 1 fully saturated rings. The number of rotatable bonds is 3. The Bertz CT molecular complexity index is 932. The summed E-state index contributed by atoms with van der Waals surface area (Å²) < 4.78 is 42.7. The second kappa shape index (κ2) is 7.57. The molecule has 2 heterocycles. The van der Waals surface area contributed by atoms with Crippen LogP contribution >= 0.6 is 0 Å². The third-order valence-electron chi connectivity index (χ3n) is 5.55. The fourth-order valence-corrected chi connectivity index (χ4v) is 4.29. The first-order chi connectivity index (χ1) is 13.8. The van der Waals surface area contributed by atoms with Crippen LogP contribution in [0.4, 0.5) is 13.2 Å². The van der Waals surface area contributed by atoms with Gasteiger partial charge < -0.3 is 9.64 Å². The Hall–Kier alpha value is -2.77. The van der Waals surface area contributed by atoms with Gasteiger partial charge in [-0.1, -0.05) is 6.08 Å². The van der Waals surface area contributed by atoms with Crippen LogP contribution in [0.25, 0.3) is 11.3 Å². The standard InChI is InChI=1S/C21H22F3N3O2/c1-26-19(15-8-10-16(11-9-15)29-21(22,23)24)17(13-25-26)20(28)27-12-4-6-14-5-2-3-7-18(14)27/h7-11,13-14H,2-6,12H2,1H3. The van der Waals surface area contributed by atoms with E-state index < -0.39 is 6.36 Å². The van der Waals surface area contributed by atoms with E-state index in [0.717, 1.165) is 37.8 Å². The van der Waals surface area contributed by atoms with Gasteiger partial charge in [0, 0.05) is 24.9 Å². The van der Waals surface area contributed by atoms with E-state index >= 15 is 0 Å². The van der Waals surface area contributed by atoms with Crippen LogP contribution in [0, 0.1) is 5.92 Å². The Kier molecular flexibility index (Phi) is 5.10. The van der Waals surface area contributed by atoms with E-state index in [9.17, 15) is 18.0 Å². The van der Waals surface area contributed by atoms with Gasteiger partial charge in [0.2, 0.25) is 0 Å². The first-order valence-corrected chi connectivity index (χ1v) is 9.73. The molecule has 1 aromatic carbocycles. The van der Waals surface area contributed by atoms with E-state index in [1.54, 1.807) is 11.7 Å². The average Bonchev–Trinajstić information content (AvgIpc) is 3.08. The number of ether oxygens (including phenoxy) is 1. The second-order valence-electron chi connectivity index (χ2n) is 7.46. The van der Waals surface area contributed by atoms with E-state index in [1.165, 1.54) is 30.5 Å². The van der Waals surface area contributed by atoms with E-state index in [1.807, 2.05) is 4.90 Å². The summed E-state index contributed by atoms with van der Waals surface area (Å²) in [5.41, 5.74) is 2.74.